The normalized spacial score (nSPS) is 0. The van der Waals surface area contributed by atoms with Crippen LogP contribution in [0.3, 0.4) is 0 Å². The Labute approximate surface area is 66.3 Å². The van der Waals surface area contributed by atoms with Gasteiger partial charge < -0.3 is 0 Å². The van der Waals surface area contributed by atoms with Crippen molar-refractivity contribution in [3.05, 3.63) is 0 Å². The minimum absolute atomic E-state index is 0. The molecule has 0 aliphatic heterocycles. The van der Waals surface area contributed by atoms with Gasteiger partial charge in [0.2, 0.25) is 0 Å². The minimum atomic E-state index is 0. The van der Waals surface area contributed by atoms with Gasteiger partial charge >= 0.3 is 0 Å². The van der Waals surface area contributed by atoms with Crippen molar-refractivity contribution in [1.82, 2.24) is 0 Å². The van der Waals surface area contributed by atoms with Crippen molar-refractivity contribution < 1.29 is 58.4 Å². The van der Waals surface area contributed by atoms with Gasteiger partial charge in [0.1, 0.15) is 0 Å². The van der Waals surface area contributed by atoms with Crippen molar-refractivity contribution >= 4 is 8.41 Å². The van der Waals surface area contributed by atoms with Gasteiger partial charge in [-0.05, 0) is 0 Å². The number of rotatable bonds is 0. The zero-order valence-electron chi connectivity index (χ0n) is 2.70. The van der Waals surface area contributed by atoms with Gasteiger partial charge in [-0.15, -0.1) is 0 Å². The molecule has 0 atom stereocenters. The first-order valence-electron chi connectivity index (χ1n) is 0. The van der Waals surface area contributed by atoms with Crippen LogP contribution in [0.25, 0.3) is 0 Å². The van der Waals surface area contributed by atoms with Gasteiger partial charge in [-0.3, -0.25) is 0 Å². The summed E-state index contributed by atoms with van der Waals surface area (Å²) < 4.78 is 0. The summed E-state index contributed by atoms with van der Waals surface area (Å²) in [6, 6.07) is 0. The average molecular weight is 207 g/mol. The first kappa shape index (κ1) is 38.6. The van der Waals surface area contributed by atoms with E-state index in [0.29, 0.717) is 0 Å². The van der Waals surface area contributed by atoms with Crippen molar-refractivity contribution in [1.29, 1.82) is 0 Å². The SMILES string of the molecule is [B].[Zn].[Zn].[Zn]. The molecule has 4 heteroatoms. The third-order valence-corrected chi connectivity index (χ3v) is 0. The second-order valence-electron chi connectivity index (χ2n) is 0. The van der Waals surface area contributed by atoms with Crippen molar-refractivity contribution in [2.24, 2.45) is 0 Å². The predicted molar refractivity (Wildman–Crippen MR) is 5.75 cm³/mol. The van der Waals surface area contributed by atoms with Gasteiger partial charge in [0, 0.05) is 66.8 Å². The number of hydrogen-bond donors (Lipinski definition) is 0. The summed E-state index contributed by atoms with van der Waals surface area (Å²) in [6.07, 6.45) is 0. The van der Waals surface area contributed by atoms with E-state index in [2.05, 4.69) is 0 Å². The minimum Gasteiger partial charge on any atom is 0 e. The van der Waals surface area contributed by atoms with Crippen LogP contribution in [-0.4, -0.2) is 8.41 Å². The summed E-state index contributed by atoms with van der Waals surface area (Å²) in [7, 11) is 0. The fourth-order valence-corrected chi connectivity index (χ4v) is 0. The summed E-state index contributed by atoms with van der Waals surface area (Å²) in [4.78, 5) is 0. The number of hydrogen-bond acceptors (Lipinski definition) is 0. The summed E-state index contributed by atoms with van der Waals surface area (Å²) in [5, 5.41) is 0. The van der Waals surface area contributed by atoms with E-state index in [-0.39, 0.29) is 66.8 Å². The second-order valence-corrected chi connectivity index (χ2v) is 0. The van der Waals surface area contributed by atoms with Crippen LogP contribution in [-0.2, 0) is 58.4 Å². The zero-order valence-corrected chi connectivity index (χ0v) is 11.6. The molecular weight excluding hydrogens is 207 g/mol. The molecule has 0 saturated carbocycles. The molecule has 0 aliphatic rings. The first-order valence-corrected chi connectivity index (χ1v) is 0. The van der Waals surface area contributed by atoms with E-state index in [4.69, 9.17) is 0 Å². The molecule has 0 unspecified atom stereocenters. The van der Waals surface area contributed by atoms with Crippen LogP contribution in [0.4, 0.5) is 0 Å². The Kier molecular flexibility index (Phi) is 197. The molecule has 0 aromatic heterocycles. The van der Waals surface area contributed by atoms with E-state index in [1.807, 2.05) is 0 Å². The van der Waals surface area contributed by atoms with E-state index < -0.39 is 0 Å². The van der Waals surface area contributed by atoms with Crippen molar-refractivity contribution in [2.75, 3.05) is 0 Å². The molecule has 4 heavy (non-hydrogen) atoms. The monoisotopic (exact) mass is 203 g/mol. The molecule has 0 fully saturated rings. The summed E-state index contributed by atoms with van der Waals surface area (Å²) in [5.74, 6) is 0. The van der Waals surface area contributed by atoms with Gasteiger partial charge in [-0.1, -0.05) is 0 Å². The fourth-order valence-electron chi connectivity index (χ4n) is 0. The van der Waals surface area contributed by atoms with Crippen LogP contribution in [0.2, 0.25) is 0 Å². The van der Waals surface area contributed by atoms with E-state index in [9.17, 15) is 0 Å². The molecule has 0 nitrogen and oxygen atoms in total. The Hall–Kier alpha value is 1.94. The molecule has 0 heterocycles. The second kappa shape index (κ2) is 20.4. The standard InChI is InChI=1S/B.3Zn. The molecule has 0 saturated heterocycles. The Bertz CT molecular complexity index is 3.25. The van der Waals surface area contributed by atoms with Gasteiger partial charge in [0.05, 0.1) is 0 Å². The summed E-state index contributed by atoms with van der Waals surface area (Å²) in [6.45, 7) is 0. The van der Waals surface area contributed by atoms with Gasteiger partial charge in [0.25, 0.3) is 0 Å². The topological polar surface area (TPSA) is 0 Å². The molecular formula is BZn3. The van der Waals surface area contributed by atoms with Crippen molar-refractivity contribution in [3.8, 4) is 0 Å². The van der Waals surface area contributed by atoms with Crippen LogP contribution < -0.4 is 0 Å². The Morgan fingerprint density at radius 2 is 0.500 bits per heavy atom. The van der Waals surface area contributed by atoms with Crippen LogP contribution in [0.15, 0.2) is 0 Å². The molecule has 0 aromatic rings. The molecule has 0 amide bonds. The summed E-state index contributed by atoms with van der Waals surface area (Å²) >= 11 is 0. The van der Waals surface area contributed by atoms with Crippen molar-refractivity contribution in [2.45, 2.75) is 0 Å². The Balaban J connectivity index is 0. The van der Waals surface area contributed by atoms with Crippen LogP contribution in [0.5, 0.6) is 0 Å². The van der Waals surface area contributed by atoms with Crippen LogP contribution >= 0.6 is 0 Å². The Morgan fingerprint density at radius 1 is 0.500 bits per heavy atom. The quantitative estimate of drug-likeness (QED) is 0.474. The fraction of sp³-hybridized carbons (Fsp3) is 0. The summed E-state index contributed by atoms with van der Waals surface area (Å²) in [5.41, 5.74) is 0. The third-order valence-electron chi connectivity index (χ3n) is 0. The maximum Gasteiger partial charge on any atom is 0 e. The van der Waals surface area contributed by atoms with Gasteiger partial charge in [-0.25, -0.2) is 0 Å². The third kappa shape index (κ3) is 9.05. The molecule has 0 aliphatic carbocycles. The molecule has 0 N–H and O–H groups in total. The largest absolute Gasteiger partial charge is 0 e. The zero-order chi connectivity index (χ0) is 0. The molecule has 3 radical (unpaired) electrons. The molecule has 9 valence electrons. The van der Waals surface area contributed by atoms with E-state index in [1.165, 1.54) is 0 Å². The maximum absolute atomic E-state index is 0. The van der Waals surface area contributed by atoms with Crippen molar-refractivity contribution in [3.63, 3.8) is 0 Å². The average Bonchev–Trinajstić information content (AvgIpc) is 0. The van der Waals surface area contributed by atoms with Gasteiger partial charge in [0.15, 0.2) is 0 Å². The molecule has 0 spiro atoms. The van der Waals surface area contributed by atoms with E-state index >= 15 is 0 Å². The Morgan fingerprint density at radius 3 is 0.500 bits per heavy atom. The molecule has 0 aromatic carbocycles. The predicted octanol–water partition coefficient (Wildman–Crippen LogP) is -0.388. The first-order chi connectivity index (χ1) is 0. The van der Waals surface area contributed by atoms with E-state index in [1.54, 1.807) is 0 Å². The van der Waals surface area contributed by atoms with Gasteiger partial charge in [-0.2, -0.15) is 0 Å². The maximum atomic E-state index is 0. The van der Waals surface area contributed by atoms with Crippen LogP contribution in [0, 0.1) is 0 Å². The molecule has 0 bridgehead atoms. The van der Waals surface area contributed by atoms with Crippen LogP contribution in [0.1, 0.15) is 0 Å². The molecule has 0 rings (SSSR count). The smallest absolute Gasteiger partial charge is 0 e. The van der Waals surface area contributed by atoms with E-state index in [0.717, 1.165) is 0 Å².